The van der Waals surface area contributed by atoms with Crippen molar-refractivity contribution in [1.29, 1.82) is 0 Å². The lowest BCUT2D eigenvalue weighted by atomic mass is 10.1. The van der Waals surface area contributed by atoms with E-state index in [-0.39, 0.29) is 0 Å². The van der Waals surface area contributed by atoms with Crippen molar-refractivity contribution in [2.24, 2.45) is 0 Å². The third-order valence-corrected chi connectivity index (χ3v) is 3.19. The van der Waals surface area contributed by atoms with Gasteiger partial charge >= 0.3 is 0 Å². The maximum absolute atomic E-state index is 5.81. The molecule has 20 heavy (non-hydrogen) atoms. The van der Waals surface area contributed by atoms with Crippen LogP contribution in [0.1, 0.15) is 17.9 Å². The SMILES string of the molecule is COCCNCCCc1ncc(-c2ccccc2C)o1. The summed E-state index contributed by atoms with van der Waals surface area (Å²) in [7, 11) is 1.71. The van der Waals surface area contributed by atoms with Crippen molar-refractivity contribution in [2.45, 2.75) is 19.8 Å². The quantitative estimate of drug-likeness (QED) is 0.752. The number of hydrogen-bond acceptors (Lipinski definition) is 4. The van der Waals surface area contributed by atoms with Crippen molar-refractivity contribution in [3.8, 4) is 11.3 Å². The zero-order valence-electron chi connectivity index (χ0n) is 12.2. The molecule has 0 saturated heterocycles. The zero-order chi connectivity index (χ0) is 14.2. The predicted octanol–water partition coefficient (Wildman–Crippen LogP) is 2.82. The normalized spacial score (nSPS) is 10.9. The molecule has 0 aliphatic heterocycles. The number of aryl methyl sites for hydroxylation is 2. The Kier molecular flexibility index (Phi) is 5.77. The predicted molar refractivity (Wildman–Crippen MR) is 79.7 cm³/mol. The van der Waals surface area contributed by atoms with Crippen molar-refractivity contribution in [2.75, 3.05) is 26.8 Å². The second kappa shape index (κ2) is 7.82. The molecule has 108 valence electrons. The van der Waals surface area contributed by atoms with Gasteiger partial charge in [0.1, 0.15) is 0 Å². The Morgan fingerprint density at radius 3 is 2.90 bits per heavy atom. The van der Waals surface area contributed by atoms with Crippen molar-refractivity contribution in [3.63, 3.8) is 0 Å². The fourth-order valence-electron chi connectivity index (χ4n) is 2.06. The first-order valence-electron chi connectivity index (χ1n) is 7.01. The Balaban J connectivity index is 1.82. The molecule has 1 heterocycles. The Morgan fingerprint density at radius 2 is 2.10 bits per heavy atom. The van der Waals surface area contributed by atoms with Crippen LogP contribution in [0.25, 0.3) is 11.3 Å². The van der Waals surface area contributed by atoms with Crippen LogP contribution >= 0.6 is 0 Å². The number of oxazole rings is 1. The second-order valence-corrected chi connectivity index (χ2v) is 4.78. The van der Waals surface area contributed by atoms with Crippen LogP contribution in [0.2, 0.25) is 0 Å². The molecule has 0 unspecified atom stereocenters. The first-order valence-corrected chi connectivity index (χ1v) is 7.01. The highest BCUT2D eigenvalue weighted by Gasteiger charge is 2.07. The molecule has 0 bridgehead atoms. The monoisotopic (exact) mass is 274 g/mol. The largest absolute Gasteiger partial charge is 0.441 e. The first-order chi connectivity index (χ1) is 9.81. The zero-order valence-corrected chi connectivity index (χ0v) is 12.2. The summed E-state index contributed by atoms with van der Waals surface area (Å²) >= 11 is 0. The maximum atomic E-state index is 5.81. The van der Waals surface area contributed by atoms with E-state index in [1.54, 1.807) is 7.11 Å². The van der Waals surface area contributed by atoms with Crippen molar-refractivity contribution < 1.29 is 9.15 Å². The smallest absolute Gasteiger partial charge is 0.194 e. The van der Waals surface area contributed by atoms with Crippen LogP contribution in [0.15, 0.2) is 34.9 Å². The number of benzene rings is 1. The van der Waals surface area contributed by atoms with Crippen LogP contribution in [-0.4, -0.2) is 31.8 Å². The van der Waals surface area contributed by atoms with E-state index in [4.69, 9.17) is 9.15 Å². The van der Waals surface area contributed by atoms with Crippen molar-refractivity contribution in [1.82, 2.24) is 10.3 Å². The third kappa shape index (κ3) is 4.18. The summed E-state index contributed by atoms with van der Waals surface area (Å²) in [5.74, 6) is 1.65. The van der Waals surface area contributed by atoms with E-state index in [9.17, 15) is 0 Å². The summed E-state index contributed by atoms with van der Waals surface area (Å²) < 4.78 is 10.8. The number of methoxy groups -OCH3 is 1. The molecule has 2 rings (SSSR count). The van der Waals surface area contributed by atoms with E-state index >= 15 is 0 Å². The van der Waals surface area contributed by atoms with Crippen LogP contribution in [0.4, 0.5) is 0 Å². The van der Waals surface area contributed by atoms with Gasteiger partial charge in [-0.1, -0.05) is 24.3 Å². The summed E-state index contributed by atoms with van der Waals surface area (Å²) in [5, 5.41) is 3.31. The molecule has 0 aliphatic carbocycles. The third-order valence-electron chi connectivity index (χ3n) is 3.19. The summed E-state index contributed by atoms with van der Waals surface area (Å²) in [6, 6.07) is 8.19. The van der Waals surface area contributed by atoms with Crippen LogP contribution in [0.3, 0.4) is 0 Å². The van der Waals surface area contributed by atoms with Gasteiger partial charge in [-0.15, -0.1) is 0 Å². The molecule has 0 radical (unpaired) electrons. The number of aromatic nitrogens is 1. The van der Waals surface area contributed by atoms with E-state index in [0.717, 1.165) is 49.8 Å². The molecule has 2 aromatic rings. The summed E-state index contributed by atoms with van der Waals surface area (Å²) in [6.45, 7) is 4.66. The van der Waals surface area contributed by atoms with Crippen molar-refractivity contribution in [3.05, 3.63) is 41.9 Å². The molecule has 4 heteroatoms. The van der Waals surface area contributed by atoms with Gasteiger partial charge in [-0.05, 0) is 25.5 Å². The molecule has 0 fully saturated rings. The van der Waals surface area contributed by atoms with Gasteiger partial charge in [-0.2, -0.15) is 0 Å². The molecule has 0 aliphatic rings. The lowest BCUT2D eigenvalue weighted by Crippen LogP contribution is -2.20. The number of hydrogen-bond donors (Lipinski definition) is 1. The molecule has 0 spiro atoms. The lowest BCUT2D eigenvalue weighted by molar-refractivity contribution is 0.199. The highest BCUT2D eigenvalue weighted by atomic mass is 16.5. The van der Waals surface area contributed by atoms with Crippen molar-refractivity contribution >= 4 is 0 Å². The van der Waals surface area contributed by atoms with Gasteiger partial charge in [-0.25, -0.2) is 4.98 Å². The number of nitrogens with zero attached hydrogens (tertiary/aromatic N) is 1. The van der Waals surface area contributed by atoms with Gasteiger partial charge in [0.2, 0.25) is 0 Å². The minimum atomic E-state index is 0.746. The fourth-order valence-corrected chi connectivity index (χ4v) is 2.06. The molecule has 0 saturated carbocycles. The van der Waals surface area contributed by atoms with E-state index < -0.39 is 0 Å². The first kappa shape index (κ1) is 14.8. The maximum Gasteiger partial charge on any atom is 0.194 e. The number of nitrogens with one attached hydrogen (secondary N) is 1. The molecular formula is C16H22N2O2. The highest BCUT2D eigenvalue weighted by Crippen LogP contribution is 2.23. The van der Waals surface area contributed by atoms with Gasteiger partial charge in [0.15, 0.2) is 11.7 Å². The Morgan fingerprint density at radius 1 is 1.25 bits per heavy atom. The van der Waals surface area contributed by atoms with E-state index in [1.165, 1.54) is 5.56 Å². The van der Waals surface area contributed by atoms with Crippen LogP contribution < -0.4 is 5.32 Å². The molecule has 0 atom stereocenters. The van der Waals surface area contributed by atoms with Gasteiger partial charge in [0, 0.05) is 25.6 Å². The standard InChI is InChI=1S/C16H22N2O2/c1-13-6-3-4-7-14(13)15-12-18-16(20-15)8-5-9-17-10-11-19-2/h3-4,6-7,12,17H,5,8-11H2,1-2H3. The summed E-state index contributed by atoms with van der Waals surface area (Å²) in [4.78, 5) is 4.35. The Hall–Kier alpha value is -1.65. The second-order valence-electron chi connectivity index (χ2n) is 4.78. The molecule has 0 amide bonds. The molecule has 4 nitrogen and oxygen atoms in total. The molecular weight excluding hydrogens is 252 g/mol. The summed E-state index contributed by atoms with van der Waals surface area (Å²) in [5.41, 5.74) is 2.32. The fraction of sp³-hybridized carbons (Fsp3) is 0.438. The molecule has 1 aromatic heterocycles. The minimum Gasteiger partial charge on any atom is -0.441 e. The van der Waals surface area contributed by atoms with Gasteiger partial charge < -0.3 is 14.5 Å². The van der Waals surface area contributed by atoms with Gasteiger partial charge in [-0.3, -0.25) is 0 Å². The van der Waals surface area contributed by atoms with Crippen LogP contribution in [-0.2, 0) is 11.2 Å². The molecule has 1 aromatic carbocycles. The van der Waals surface area contributed by atoms with Gasteiger partial charge in [0.05, 0.1) is 12.8 Å². The molecule has 1 N–H and O–H groups in total. The van der Waals surface area contributed by atoms with E-state index in [2.05, 4.69) is 29.4 Å². The Labute approximate surface area is 120 Å². The lowest BCUT2D eigenvalue weighted by Gasteiger charge is -2.02. The average molecular weight is 274 g/mol. The number of ether oxygens (including phenoxy) is 1. The van der Waals surface area contributed by atoms with Crippen LogP contribution in [0.5, 0.6) is 0 Å². The highest BCUT2D eigenvalue weighted by molar-refractivity contribution is 5.60. The number of rotatable bonds is 8. The Bertz CT molecular complexity index is 523. The average Bonchev–Trinajstić information content (AvgIpc) is 2.92. The van der Waals surface area contributed by atoms with Gasteiger partial charge in [0.25, 0.3) is 0 Å². The summed E-state index contributed by atoms with van der Waals surface area (Å²) in [6.07, 6.45) is 3.68. The van der Waals surface area contributed by atoms with Crippen LogP contribution in [0, 0.1) is 6.92 Å². The minimum absolute atomic E-state index is 0.746. The van der Waals surface area contributed by atoms with E-state index in [0.29, 0.717) is 0 Å². The van der Waals surface area contributed by atoms with E-state index in [1.807, 2.05) is 18.3 Å². The topological polar surface area (TPSA) is 47.3 Å².